The molecule has 1 saturated heterocycles. The molecule has 1 aromatic rings. The minimum Gasteiger partial charge on any atom is -0.299 e. The highest BCUT2D eigenvalue weighted by atomic mass is 19.4. The van der Waals surface area contributed by atoms with Crippen LogP contribution in [0, 0.1) is 5.92 Å². The molecule has 0 radical (unpaired) electrons. The Labute approximate surface area is 121 Å². The van der Waals surface area contributed by atoms with E-state index in [9.17, 15) is 32.3 Å². The van der Waals surface area contributed by atoms with Gasteiger partial charge in [-0.15, -0.1) is 0 Å². The van der Waals surface area contributed by atoms with E-state index in [0.717, 1.165) is 19.1 Å². The average Bonchev–Trinajstić information content (AvgIpc) is 2.36. The second-order valence-electron chi connectivity index (χ2n) is 4.53. The fourth-order valence-electron chi connectivity index (χ4n) is 2.07. The number of nitrogens with one attached hydrogen (secondary N) is 1. The number of carbonyl (C=O) groups is 4. The summed E-state index contributed by atoms with van der Waals surface area (Å²) in [7, 11) is 0. The topological polar surface area (TPSA) is 83.6 Å². The lowest BCUT2D eigenvalue weighted by Crippen LogP contribution is -2.60. The van der Waals surface area contributed by atoms with E-state index >= 15 is 0 Å². The van der Waals surface area contributed by atoms with Crippen molar-refractivity contribution in [2.24, 2.45) is 5.92 Å². The fourth-order valence-corrected chi connectivity index (χ4v) is 2.07. The lowest BCUT2D eigenvalue weighted by Gasteiger charge is -2.30. The Hall–Kier alpha value is -2.71. The molecule has 0 spiro atoms. The number of amides is 4. The molecule has 2 rings (SSSR count). The maximum atomic E-state index is 13.0. The van der Waals surface area contributed by atoms with Gasteiger partial charge in [0, 0.05) is 0 Å². The molecule has 22 heavy (non-hydrogen) atoms. The predicted octanol–water partition coefficient (Wildman–Crippen LogP) is 1.49. The molecular weight excluding hydrogens is 305 g/mol. The zero-order valence-corrected chi connectivity index (χ0v) is 11.1. The van der Waals surface area contributed by atoms with Crippen molar-refractivity contribution in [3.05, 3.63) is 29.8 Å². The van der Waals surface area contributed by atoms with E-state index in [1.165, 1.54) is 6.07 Å². The number of carbonyl (C=O) groups excluding carboxylic acids is 4. The molecule has 1 aliphatic rings. The van der Waals surface area contributed by atoms with E-state index in [-0.39, 0.29) is 4.90 Å². The number of rotatable bonds is 2. The summed E-state index contributed by atoms with van der Waals surface area (Å²) in [4.78, 5) is 46.9. The van der Waals surface area contributed by atoms with E-state index in [1.54, 1.807) is 5.32 Å². The minimum absolute atomic E-state index is 0.163. The number of urea groups is 1. The van der Waals surface area contributed by atoms with Gasteiger partial charge in [0.25, 0.3) is 5.91 Å². The van der Waals surface area contributed by atoms with Gasteiger partial charge in [0.05, 0.1) is 11.3 Å². The Morgan fingerprint density at radius 3 is 2.32 bits per heavy atom. The van der Waals surface area contributed by atoms with Crippen molar-refractivity contribution >= 4 is 29.3 Å². The number of barbiturate groups is 1. The summed E-state index contributed by atoms with van der Waals surface area (Å²) in [5.74, 6) is -5.18. The van der Waals surface area contributed by atoms with Crippen LogP contribution in [-0.4, -0.2) is 23.6 Å². The van der Waals surface area contributed by atoms with Gasteiger partial charge in [0.2, 0.25) is 5.91 Å². The summed E-state index contributed by atoms with van der Waals surface area (Å²) in [5.41, 5.74) is -1.97. The molecule has 1 fully saturated rings. The van der Waals surface area contributed by atoms with Gasteiger partial charge in [-0.05, 0) is 19.1 Å². The van der Waals surface area contributed by atoms with Gasteiger partial charge in [-0.25, -0.2) is 9.69 Å². The summed E-state index contributed by atoms with van der Waals surface area (Å²) < 4.78 is 39.0. The maximum absolute atomic E-state index is 13.0. The molecule has 1 unspecified atom stereocenters. The molecule has 6 nitrogen and oxygen atoms in total. The Kier molecular flexibility index (Phi) is 3.74. The Morgan fingerprint density at radius 1 is 1.18 bits per heavy atom. The number of hydrogen-bond acceptors (Lipinski definition) is 4. The lowest BCUT2D eigenvalue weighted by molar-refractivity contribution is -0.140. The first-order valence-electron chi connectivity index (χ1n) is 6.00. The van der Waals surface area contributed by atoms with Crippen LogP contribution < -0.4 is 10.2 Å². The number of imide groups is 2. The van der Waals surface area contributed by atoms with Gasteiger partial charge in [0.15, 0.2) is 11.7 Å². The van der Waals surface area contributed by atoms with Crippen LogP contribution in [0.2, 0.25) is 0 Å². The second-order valence-corrected chi connectivity index (χ2v) is 4.53. The van der Waals surface area contributed by atoms with Crippen LogP contribution in [0.4, 0.5) is 23.7 Å². The molecule has 1 aromatic carbocycles. The van der Waals surface area contributed by atoms with Crippen molar-refractivity contribution in [1.29, 1.82) is 0 Å². The van der Waals surface area contributed by atoms with E-state index in [0.29, 0.717) is 6.07 Å². The molecule has 0 bridgehead atoms. The molecule has 0 aliphatic carbocycles. The highest BCUT2D eigenvalue weighted by Crippen LogP contribution is 2.37. The van der Waals surface area contributed by atoms with Gasteiger partial charge < -0.3 is 0 Å². The normalized spacial score (nSPS) is 19.2. The standard InChI is InChI=1S/C13H9F3N2O4/c1-6(19)9-10(20)17-12(22)18(11(9)21)8-5-3-2-4-7(8)13(14,15)16/h2-5,9H,1H3,(H,17,20,22). The number of hydrogen-bond donors (Lipinski definition) is 1. The number of Topliss-reactive ketones (excluding diaryl/α,β-unsaturated/α-hetero) is 1. The van der Waals surface area contributed by atoms with Gasteiger partial charge in [0.1, 0.15) is 0 Å². The second kappa shape index (κ2) is 5.24. The van der Waals surface area contributed by atoms with Crippen LogP contribution in [0.1, 0.15) is 12.5 Å². The summed E-state index contributed by atoms with van der Waals surface area (Å²) in [5, 5.41) is 1.71. The van der Waals surface area contributed by atoms with Crippen LogP contribution in [0.3, 0.4) is 0 Å². The summed E-state index contributed by atoms with van der Waals surface area (Å²) in [6.45, 7) is 0.936. The van der Waals surface area contributed by atoms with Gasteiger partial charge >= 0.3 is 12.2 Å². The minimum atomic E-state index is -4.82. The van der Waals surface area contributed by atoms with E-state index in [1.807, 2.05) is 0 Å². The monoisotopic (exact) mass is 314 g/mol. The summed E-state index contributed by atoms with van der Waals surface area (Å²) in [6.07, 6.45) is -4.82. The number of alkyl halides is 3. The first-order valence-corrected chi connectivity index (χ1v) is 6.00. The van der Waals surface area contributed by atoms with Gasteiger partial charge in [-0.3, -0.25) is 19.7 Å². The summed E-state index contributed by atoms with van der Waals surface area (Å²) >= 11 is 0. The van der Waals surface area contributed by atoms with Crippen LogP contribution in [-0.2, 0) is 20.6 Å². The van der Waals surface area contributed by atoms with Crippen molar-refractivity contribution in [3.8, 4) is 0 Å². The molecule has 4 amide bonds. The van der Waals surface area contributed by atoms with Gasteiger partial charge in [-0.1, -0.05) is 12.1 Å². The molecule has 1 atom stereocenters. The Bertz CT molecular complexity index is 684. The quantitative estimate of drug-likeness (QED) is 0.838. The third-order valence-corrected chi connectivity index (χ3v) is 3.02. The third-order valence-electron chi connectivity index (χ3n) is 3.02. The molecule has 0 aromatic heterocycles. The Balaban J connectivity index is 2.57. The number of para-hydroxylation sites is 1. The first-order chi connectivity index (χ1) is 10.1. The van der Waals surface area contributed by atoms with E-state index < -0.39 is 47.0 Å². The van der Waals surface area contributed by atoms with Crippen LogP contribution in [0.5, 0.6) is 0 Å². The summed E-state index contributed by atoms with van der Waals surface area (Å²) in [6, 6.07) is 2.56. The van der Waals surface area contributed by atoms with E-state index in [4.69, 9.17) is 0 Å². The highest BCUT2D eigenvalue weighted by molar-refractivity contribution is 6.34. The largest absolute Gasteiger partial charge is 0.418 e. The molecular formula is C13H9F3N2O4. The highest BCUT2D eigenvalue weighted by Gasteiger charge is 2.46. The van der Waals surface area contributed by atoms with Crippen molar-refractivity contribution in [3.63, 3.8) is 0 Å². The number of ketones is 1. The van der Waals surface area contributed by atoms with Crippen LogP contribution in [0.25, 0.3) is 0 Å². The molecule has 9 heteroatoms. The SMILES string of the molecule is CC(=O)C1C(=O)NC(=O)N(c2ccccc2C(F)(F)F)C1=O. The molecule has 0 saturated carbocycles. The smallest absolute Gasteiger partial charge is 0.299 e. The van der Waals surface area contributed by atoms with Crippen molar-refractivity contribution in [1.82, 2.24) is 5.32 Å². The number of anilines is 1. The number of benzene rings is 1. The third kappa shape index (κ3) is 2.57. The fraction of sp³-hybridized carbons (Fsp3) is 0.231. The Morgan fingerprint density at radius 2 is 1.77 bits per heavy atom. The average molecular weight is 314 g/mol. The van der Waals surface area contributed by atoms with Crippen LogP contribution >= 0.6 is 0 Å². The number of nitrogens with zero attached hydrogens (tertiary/aromatic N) is 1. The van der Waals surface area contributed by atoms with Crippen LogP contribution in [0.15, 0.2) is 24.3 Å². The number of halogens is 3. The van der Waals surface area contributed by atoms with E-state index in [2.05, 4.69) is 0 Å². The zero-order valence-electron chi connectivity index (χ0n) is 11.1. The molecule has 1 heterocycles. The molecule has 1 aliphatic heterocycles. The molecule has 1 N–H and O–H groups in total. The zero-order chi connectivity index (χ0) is 16.7. The van der Waals surface area contributed by atoms with Crippen molar-refractivity contribution in [2.75, 3.05) is 4.90 Å². The van der Waals surface area contributed by atoms with Crippen molar-refractivity contribution in [2.45, 2.75) is 13.1 Å². The van der Waals surface area contributed by atoms with Crippen molar-refractivity contribution < 1.29 is 32.3 Å². The maximum Gasteiger partial charge on any atom is 0.418 e. The lowest BCUT2D eigenvalue weighted by atomic mass is 9.99. The first kappa shape index (κ1) is 15.7. The predicted molar refractivity (Wildman–Crippen MR) is 66.6 cm³/mol. The molecule has 116 valence electrons. The van der Waals surface area contributed by atoms with Gasteiger partial charge in [-0.2, -0.15) is 13.2 Å².